The van der Waals surface area contributed by atoms with Gasteiger partial charge in [0.05, 0.1) is 0 Å². The molecule has 6 rings (SSSR count). The number of fused-ring (bicyclic) bond motifs is 3. The van der Waals surface area contributed by atoms with Crippen LogP contribution in [-0.4, -0.2) is 9.97 Å². The van der Waals surface area contributed by atoms with Crippen LogP contribution in [0.4, 0.5) is 0 Å². The number of aromatic nitrogens is 2. The zero-order valence-corrected chi connectivity index (χ0v) is 17.2. The number of hydrogen-bond acceptors (Lipinski definition) is 2. The lowest BCUT2D eigenvalue weighted by atomic mass is 9.93. The fourth-order valence-electron chi connectivity index (χ4n) is 4.50. The predicted octanol–water partition coefficient (Wildman–Crippen LogP) is 7.88. The van der Waals surface area contributed by atoms with Gasteiger partial charge >= 0.3 is 0 Å². The second kappa shape index (κ2) is 5.84. The zero-order valence-electron chi connectivity index (χ0n) is 15.6. The first-order valence-corrected chi connectivity index (χ1v) is 11.1. The van der Waals surface area contributed by atoms with Gasteiger partial charge in [0, 0.05) is 55.1 Å². The van der Waals surface area contributed by atoms with E-state index in [0.717, 1.165) is 0 Å². The third-order valence-corrected chi connectivity index (χ3v) is 7.63. The molecule has 4 aromatic heterocycles. The van der Waals surface area contributed by atoms with Crippen molar-refractivity contribution in [3.63, 3.8) is 0 Å². The Morgan fingerprint density at radius 1 is 0.679 bits per heavy atom. The summed E-state index contributed by atoms with van der Waals surface area (Å²) in [6, 6.07) is 13.3. The van der Waals surface area contributed by atoms with Gasteiger partial charge in [-0.25, -0.2) is 0 Å². The Bertz CT molecular complexity index is 1350. The van der Waals surface area contributed by atoms with Crippen LogP contribution in [0.1, 0.15) is 11.1 Å². The van der Waals surface area contributed by atoms with Gasteiger partial charge in [0.25, 0.3) is 0 Å². The van der Waals surface area contributed by atoms with Gasteiger partial charge in [-0.15, -0.1) is 22.7 Å². The normalized spacial score (nSPS) is 11.9. The highest BCUT2D eigenvalue weighted by molar-refractivity contribution is 7.14. The van der Waals surface area contributed by atoms with E-state index in [0.29, 0.717) is 0 Å². The Balaban J connectivity index is 1.72. The maximum atomic E-state index is 3.52. The van der Waals surface area contributed by atoms with Crippen LogP contribution in [0.25, 0.3) is 53.5 Å². The Hall–Kier alpha value is -2.82. The summed E-state index contributed by atoms with van der Waals surface area (Å²) in [5, 5.41) is 9.61. The van der Waals surface area contributed by atoms with Crippen molar-refractivity contribution in [2.75, 3.05) is 0 Å². The molecule has 2 N–H and O–H groups in total. The highest BCUT2D eigenvalue weighted by Gasteiger charge is 2.17. The first-order valence-electron chi connectivity index (χ1n) is 9.35. The molecular formula is C24H18N2S2. The average molecular weight is 399 g/mol. The number of nitrogens with one attached hydrogen (secondary N) is 2. The van der Waals surface area contributed by atoms with E-state index in [9.17, 15) is 0 Å². The van der Waals surface area contributed by atoms with Gasteiger partial charge in [-0.05, 0) is 70.8 Å². The number of aryl methyl sites for hydroxylation is 2. The summed E-state index contributed by atoms with van der Waals surface area (Å²) >= 11 is 3.58. The number of hydrogen-bond donors (Lipinski definition) is 2. The summed E-state index contributed by atoms with van der Waals surface area (Å²) in [6.07, 6.45) is 4.31. The summed E-state index contributed by atoms with van der Waals surface area (Å²) in [7, 11) is 0. The van der Waals surface area contributed by atoms with Crippen molar-refractivity contribution in [2.24, 2.45) is 0 Å². The molecule has 0 unspecified atom stereocenters. The first kappa shape index (κ1) is 16.2. The molecule has 0 spiro atoms. The molecule has 0 amide bonds. The van der Waals surface area contributed by atoms with E-state index >= 15 is 0 Å². The van der Waals surface area contributed by atoms with Crippen molar-refractivity contribution in [1.29, 1.82) is 0 Å². The lowest BCUT2D eigenvalue weighted by Gasteiger charge is -2.11. The zero-order chi connectivity index (χ0) is 18.8. The van der Waals surface area contributed by atoms with Crippen molar-refractivity contribution in [3.05, 3.63) is 70.7 Å². The van der Waals surface area contributed by atoms with Gasteiger partial charge in [-0.1, -0.05) is 12.1 Å². The van der Waals surface area contributed by atoms with Gasteiger partial charge in [-0.2, -0.15) is 0 Å². The Labute approximate surface area is 170 Å². The minimum absolute atomic E-state index is 1.21. The van der Waals surface area contributed by atoms with Gasteiger partial charge < -0.3 is 9.97 Å². The Morgan fingerprint density at radius 2 is 1.14 bits per heavy atom. The molecule has 4 heteroatoms. The lowest BCUT2D eigenvalue weighted by molar-refractivity contribution is 1.47. The quantitative estimate of drug-likeness (QED) is 0.297. The van der Waals surface area contributed by atoms with Crippen LogP contribution >= 0.6 is 22.7 Å². The van der Waals surface area contributed by atoms with E-state index in [4.69, 9.17) is 0 Å². The van der Waals surface area contributed by atoms with Gasteiger partial charge in [-0.3, -0.25) is 0 Å². The second-order valence-corrected chi connectivity index (χ2v) is 9.20. The highest BCUT2D eigenvalue weighted by atomic mass is 32.1. The monoisotopic (exact) mass is 398 g/mol. The maximum absolute atomic E-state index is 3.52. The molecule has 0 bridgehead atoms. The Morgan fingerprint density at radius 3 is 1.54 bits per heavy atom. The van der Waals surface area contributed by atoms with Gasteiger partial charge in [0.2, 0.25) is 0 Å². The SMILES string of the molecule is Cc1c2cc3[nH]cc(-c4cccs4)c3c(C)c2cc2[nH]cc(-c3cccs3)c12. The van der Waals surface area contributed by atoms with E-state index in [1.807, 2.05) is 0 Å². The van der Waals surface area contributed by atoms with E-state index < -0.39 is 0 Å². The molecule has 136 valence electrons. The molecule has 2 aromatic carbocycles. The number of rotatable bonds is 2. The number of H-pyrrole nitrogens is 2. The van der Waals surface area contributed by atoms with Crippen LogP contribution in [0, 0.1) is 13.8 Å². The molecule has 28 heavy (non-hydrogen) atoms. The van der Waals surface area contributed by atoms with E-state index in [1.54, 1.807) is 22.7 Å². The molecule has 0 atom stereocenters. The Kier molecular flexibility index (Phi) is 3.37. The summed E-state index contributed by atoms with van der Waals surface area (Å²) < 4.78 is 0. The van der Waals surface area contributed by atoms with Crippen molar-refractivity contribution >= 4 is 55.3 Å². The molecule has 0 radical (unpaired) electrons. The smallest absolute Gasteiger partial charge is 0.0469 e. The molecule has 0 saturated carbocycles. The minimum Gasteiger partial charge on any atom is -0.360 e. The molecule has 6 aromatic rings. The van der Waals surface area contributed by atoms with E-state index in [1.165, 1.54) is 64.6 Å². The van der Waals surface area contributed by atoms with Gasteiger partial charge in [0.15, 0.2) is 0 Å². The predicted molar refractivity (Wildman–Crippen MR) is 124 cm³/mol. The first-order chi connectivity index (χ1) is 13.7. The lowest BCUT2D eigenvalue weighted by Crippen LogP contribution is -1.87. The molecule has 0 aliphatic heterocycles. The molecule has 0 aliphatic carbocycles. The van der Waals surface area contributed by atoms with Crippen molar-refractivity contribution in [1.82, 2.24) is 9.97 Å². The fraction of sp³-hybridized carbons (Fsp3) is 0.0833. The van der Waals surface area contributed by atoms with Crippen molar-refractivity contribution < 1.29 is 0 Å². The average Bonchev–Trinajstić information content (AvgIpc) is 3.48. The molecule has 4 heterocycles. The van der Waals surface area contributed by atoms with Crippen LogP contribution in [0.2, 0.25) is 0 Å². The van der Waals surface area contributed by atoms with Crippen LogP contribution in [0.5, 0.6) is 0 Å². The largest absolute Gasteiger partial charge is 0.360 e. The second-order valence-electron chi connectivity index (χ2n) is 7.30. The molecular weight excluding hydrogens is 380 g/mol. The van der Waals surface area contributed by atoms with Crippen molar-refractivity contribution in [2.45, 2.75) is 13.8 Å². The number of thiophene rings is 2. The van der Waals surface area contributed by atoms with E-state index in [2.05, 4.69) is 83.4 Å². The van der Waals surface area contributed by atoms with E-state index in [-0.39, 0.29) is 0 Å². The molecule has 2 nitrogen and oxygen atoms in total. The molecule has 0 fully saturated rings. The van der Waals surface area contributed by atoms with Crippen LogP contribution in [0.15, 0.2) is 59.6 Å². The number of benzene rings is 2. The topological polar surface area (TPSA) is 31.6 Å². The third-order valence-electron chi connectivity index (χ3n) is 5.82. The highest BCUT2D eigenvalue weighted by Crippen LogP contribution is 2.42. The summed E-state index contributed by atoms with van der Waals surface area (Å²) in [4.78, 5) is 9.67. The number of aromatic amines is 2. The minimum atomic E-state index is 1.21. The fourth-order valence-corrected chi connectivity index (χ4v) is 6.00. The van der Waals surface area contributed by atoms with Crippen molar-refractivity contribution in [3.8, 4) is 20.9 Å². The van der Waals surface area contributed by atoms with Crippen LogP contribution in [0.3, 0.4) is 0 Å². The molecule has 0 saturated heterocycles. The standard InChI is InChI=1S/C24H18N2S2/c1-13-15-9-20-24(18(12-26-20)22-6-4-8-28-22)14(2)16(15)10-19-23(13)17(11-25-19)21-5-3-7-27-21/h3-12,25-26H,1-2H3. The maximum Gasteiger partial charge on any atom is 0.0469 e. The summed E-state index contributed by atoms with van der Waals surface area (Å²) in [5.74, 6) is 0. The van der Waals surface area contributed by atoms with Crippen LogP contribution in [-0.2, 0) is 0 Å². The third kappa shape index (κ3) is 2.13. The summed E-state index contributed by atoms with van der Waals surface area (Å²) in [5.41, 5.74) is 7.71. The van der Waals surface area contributed by atoms with Gasteiger partial charge in [0.1, 0.15) is 0 Å². The van der Waals surface area contributed by atoms with Crippen LogP contribution < -0.4 is 0 Å². The molecule has 0 aliphatic rings. The summed E-state index contributed by atoms with van der Waals surface area (Å²) in [6.45, 7) is 4.51.